The number of hydrogen-bond acceptors (Lipinski definition) is 7. The smallest absolute Gasteiger partial charge is 0.337 e. The first-order chi connectivity index (χ1) is 17.9. The Kier molecular flexibility index (Phi) is 8.25. The number of benzene rings is 3. The molecule has 1 aliphatic rings. The van der Waals surface area contributed by atoms with Crippen LogP contribution in [0, 0.1) is 5.82 Å². The molecule has 1 saturated heterocycles. The summed E-state index contributed by atoms with van der Waals surface area (Å²) in [4.78, 5) is 31.0. The lowest BCUT2D eigenvalue weighted by atomic mass is 10.1. The molecule has 0 aliphatic carbocycles. The first-order valence-electron chi connectivity index (χ1n) is 11.5. The van der Waals surface area contributed by atoms with Gasteiger partial charge >= 0.3 is 5.97 Å². The molecule has 0 unspecified atom stereocenters. The van der Waals surface area contributed by atoms with Gasteiger partial charge in [0.25, 0.3) is 5.91 Å². The summed E-state index contributed by atoms with van der Waals surface area (Å²) in [6.45, 7) is 2.34. The first kappa shape index (κ1) is 26.0. The molecule has 0 bridgehead atoms. The van der Waals surface area contributed by atoms with Gasteiger partial charge in [-0.1, -0.05) is 24.3 Å². The van der Waals surface area contributed by atoms with Gasteiger partial charge in [0, 0.05) is 12.6 Å². The van der Waals surface area contributed by atoms with Gasteiger partial charge in [-0.3, -0.25) is 9.69 Å². The third kappa shape index (κ3) is 6.18. The summed E-state index contributed by atoms with van der Waals surface area (Å²) in [6.07, 6.45) is 1.76. The largest absolute Gasteiger partial charge is 0.490 e. The molecular weight excluding hydrogens is 495 g/mol. The highest BCUT2D eigenvalue weighted by atomic mass is 32.2. The predicted molar refractivity (Wildman–Crippen MR) is 142 cm³/mol. The number of hydrogen-bond donors (Lipinski definition) is 0. The summed E-state index contributed by atoms with van der Waals surface area (Å²) >= 11 is 1.25. The number of esters is 1. The second kappa shape index (κ2) is 11.7. The molecule has 1 amide bonds. The van der Waals surface area contributed by atoms with Crippen molar-refractivity contribution in [2.24, 2.45) is 4.99 Å². The number of aliphatic imine (C=N–C) groups is 1. The Labute approximate surface area is 218 Å². The van der Waals surface area contributed by atoms with Crippen LogP contribution in [0.15, 0.2) is 76.6 Å². The highest BCUT2D eigenvalue weighted by Gasteiger charge is 2.30. The lowest BCUT2D eigenvalue weighted by Crippen LogP contribution is -2.23. The summed E-state index contributed by atoms with van der Waals surface area (Å²) < 4.78 is 30.2. The van der Waals surface area contributed by atoms with E-state index in [0.717, 1.165) is 5.56 Å². The van der Waals surface area contributed by atoms with Crippen LogP contribution in [0.4, 0.5) is 10.1 Å². The number of carbonyl (C=O) groups is 2. The van der Waals surface area contributed by atoms with Crippen LogP contribution >= 0.6 is 11.8 Å². The van der Waals surface area contributed by atoms with Gasteiger partial charge < -0.3 is 14.2 Å². The van der Waals surface area contributed by atoms with Crippen LogP contribution in [0.3, 0.4) is 0 Å². The van der Waals surface area contributed by atoms with Gasteiger partial charge in [0.15, 0.2) is 16.7 Å². The summed E-state index contributed by atoms with van der Waals surface area (Å²) in [6, 6.07) is 18.4. The normalized spacial score (nSPS) is 15.4. The predicted octanol–water partition coefficient (Wildman–Crippen LogP) is 5.82. The number of amides is 1. The SMILES string of the molecule is CCOc1cc(C=C2SC(=Nc3ccc(C(=O)OC)cc3)N(C)C2=O)ccc1OCc1ccccc1F. The van der Waals surface area contributed by atoms with Crippen molar-refractivity contribution in [3.8, 4) is 11.5 Å². The van der Waals surface area contributed by atoms with Crippen molar-refractivity contribution in [2.75, 3.05) is 20.8 Å². The van der Waals surface area contributed by atoms with Crippen molar-refractivity contribution in [1.29, 1.82) is 0 Å². The Morgan fingerprint density at radius 2 is 1.81 bits per heavy atom. The van der Waals surface area contributed by atoms with Crippen molar-refractivity contribution >= 4 is 40.6 Å². The Hall–Kier alpha value is -4.11. The van der Waals surface area contributed by atoms with E-state index in [-0.39, 0.29) is 18.3 Å². The Morgan fingerprint density at radius 1 is 1.05 bits per heavy atom. The van der Waals surface area contributed by atoms with Gasteiger partial charge in [-0.2, -0.15) is 0 Å². The number of thioether (sulfide) groups is 1. The van der Waals surface area contributed by atoms with E-state index < -0.39 is 5.97 Å². The van der Waals surface area contributed by atoms with Gasteiger partial charge in [0.05, 0.1) is 29.9 Å². The number of amidine groups is 1. The molecule has 3 aromatic rings. The summed E-state index contributed by atoms with van der Waals surface area (Å²) in [5.41, 5.74) is 2.21. The maximum atomic E-state index is 13.9. The molecule has 7 nitrogen and oxygen atoms in total. The van der Waals surface area contributed by atoms with E-state index in [1.54, 1.807) is 73.8 Å². The molecule has 1 aliphatic heterocycles. The van der Waals surface area contributed by atoms with Crippen LogP contribution in [0.2, 0.25) is 0 Å². The standard InChI is InChI=1S/C28H25FN2O5S/c1-4-35-24-15-18(9-14-23(24)36-17-20-7-5-6-8-22(20)29)16-25-26(32)31(2)28(37-25)30-21-12-10-19(11-13-21)27(33)34-3/h5-16H,4,17H2,1-3H3. The van der Waals surface area contributed by atoms with E-state index >= 15 is 0 Å². The van der Waals surface area contributed by atoms with Gasteiger partial charge in [-0.25, -0.2) is 14.2 Å². The minimum atomic E-state index is -0.429. The zero-order valence-electron chi connectivity index (χ0n) is 20.6. The van der Waals surface area contributed by atoms with Crippen LogP contribution in [-0.4, -0.2) is 42.7 Å². The third-order valence-corrected chi connectivity index (χ3v) is 6.48. The van der Waals surface area contributed by atoms with E-state index in [1.807, 2.05) is 6.92 Å². The third-order valence-electron chi connectivity index (χ3n) is 5.42. The fourth-order valence-electron chi connectivity index (χ4n) is 3.48. The van der Waals surface area contributed by atoms with Crippen LogP contribution in [0.1, 0.15) is 28.4 Å². The number of nitrogens with zero attached hydrogens (tertiary/aromatic N) is 2. The molecule has 3 aromatic carbocycles. The van der Waals surface area contributed by atoms with Gasteiger partial charge in [-0.15, -0.1) is 0 Å². The minimum absolute atomic E-state index is 0.0623. The number of ether oxygens (including phenoxy) is 3. The second-order valence-electron chi connectivity index (χ2n) is 7.93. The molecule has 190 valence electrons. The van der Waals surface area contributed by atoms with Gasteiger partial charge in [0.2, 0.25) is 0 Å². The average molecular weight is 521 g/mol. The van der Waals surface area contributed by atoms with E-state index in [1.165, 1.54) is 29.8 Å². The fourth-order valence-corrected chi connectivity index (χ4v) is 4.46. The number of carbonyl (C=O) groups excluding carboxylic acids is 2. The summed E-state index contributed by atoms with van der Waals surface area (Å²) in [5.74, 6) is 0.0263. The number of methoxy groups -OCH3 is 1. The molecule has 0 atom stereocenters. The molecule has 1 fully saturated rings. The van der Waals surface area contributed by atoms with Crippen LogP contribution in [0.25, 0.3) is 6.08 Å². The molecule has 4 rings (SSSR count). The van der Waals surface area contributed by atoms with Crippen LogP contribution < -0.4 is 9.47 Å². The summed E-state index contributed by atoms with van der Waals surface area (Å²) in [5, 5.41) is 0.511. The first-order valence-corrected chi connectivity index (χ1v) is 12.3. The van der Waals surface area contributed by atoms with E-state index in [2.05, 4.69) is 4.99 Å². The Balaban J connectivity index is 1.52. The maximum Gasteiger partial charge on any atom is 0.337 e. The van der Waals surface area contributed by atoms with Crippen molar-refractivity contribution < 1.29 is 28.2 Å². The Bertz CT molecular complexity index is 1370. The number of halogens is 1. The lowest BCUT2D eigenvalue weighted by Gasteiger charge is -2.13. The maximum absolute atomic E-state index is 13.9. The fraction of sp³-hybridized carbons (Fsp3) is 0.179. The number of rotatable bonds is 8. The van der Waals surface area contributed by atoms with Gasteiger partial charge in [-0.05, 0) is 72.8 Å². The molecular formula is C28H25FN2O5S. The monoisotopic (exact) mass is 520 g/mol. The molecule has 0 saturated carbocycles. The van der Waals surface area contributed by atoms with Crippen LogP contribution in [-0.2, 0) is 16.1 Å². The van der Waals surface area contributed by atoms with Crippen molar-refractivity contribution in [3.05, 3.63) is 94.1 Å². The Morgan fingerprint density at radius 3 is 2.51 bits per heavy atom. The molecule has 0 N–H and O–H groups in total. The molecule has 0 aromatic heterocycles. The topological polar surface area (TPSA) is 77.4 Å². The van der Waals surface area contributed by atoms with Crippen molar-refractivity contribution in [1.82, 2.24) is 4.90 Å². The molecule has 9 heteroatoms. The molecule has 0 radical (unpaired) electrons. The van der Waals surface area contributed by atoms with E-state index in [0.29, 0.717) is 45.0 Å². The molecule has 1 heterocycles. The summed E-state index contributed by atoms with van der Waals surface area (Å²) in [7, 11) is 2.98. The van der Waals surface area contributed by atoms with E-state index in [9.17, 15) is 14.0 Å². The molecule has 0 spiro atoms. The molecule has 37 heavy (non-hydrogen) atoms. The van der Waals surface area contributed by atoms with Gasteiger partial charge in [0.1, 0.15) is 12.4 Å². The average Bonchev–Trinajstić information content (AvgIpc) is 3.16. The highest BCUT2D eigenvalue weighted by molar-refractivity contribution is 8.18. The zero-order valence-corrected chi connectivity index (χ0v) is 21.4. The number of likely N-dealkylation sites (N-methyl/N-ethyl adjacent to an activating group) is 1. The van der Waals surface area contributed by atoms with Crippen LogP contribution in [0.5, 0.6) is 11.5 Å². The highest BCUT2D eigenvalue weighted by Crippen LogP contribution is 2.35. The quantitative estimate of drug-likeness (QED) is 0.275. The van der Waals surface area contributed by atoms with Crippen molar-refractivity contribution in [2.45, 2.75) is 13.5 Å². The second-order valence-corrected chi connectivity index (χ2v) is 8.94. The zero-order chi connectivity index (χ0) is 26.4. The lowest BCUT2D eigenvalue weighted by molar-refractivity contribution is -0.121. The van der Waals surface area contributed by atoms with E-state index in [4.69, 9.17) is 14.2 Å². The minimum Gasteiger partial charge on any atom is -0.490 e. The van der Waals surface area contributed by atoms with Crippen molar-refractivity contribution in [3.63, 3.8) is 0 Å².